The lowest BCUT2D eigenvalue weighted by Gasteiger charge is -2.25. The number of aromatic nitrogens is 5. The first-order valence-corrected chi connectivity index (χ1v) is 12.4. The van der Waals surface area contributed by atoms with Crippen LogP contribution in [-0.2, 0) is 18.0 Å². The highest BCUT2D eigenvalue weighted by Crippen LogP contribution is 2.22. The molecule has 9 nitrogen and oxygen atoms in total. The van der Waals surface area contributed by atoms with Crippen LogP contribution in [-0.4, -0.2) is 62.1 Å². The molecule has 2 aromatic carbocycles. The van der Waals surface area contributed by atoms with Gasteiger partial charge in [-0.3, -0.25) is 10.00 Å². The van der Waals surface area contributed by atoms with E-state index < -0.39 is 0 Å². The highest BCUT2D eigenvalue weighted by Gasteiger charge is 2.17. The summed E-state index contributed by atoms with van der Waals surface area (Å²) in [6.45, 7) is 5.96. The highest BCUT2D eigenvalue weighted by molar-refractivity contribution is 7.71. The second-order valence-corrected chi connectivity index (χ2v) is 9.22. The van der Waals surface area contributed by atoms with Gasteiger partial charge in [-0.05, 0) is 42.4 Å². The molecule has 3 heterocycles. The Labute approximate surface area is 218 Å². The van der Waals surface area contributed by atoms with Crippen molar-refractivity contribution in [3.63, 3.8) is 0 Å². The van der Waals surface area contributed by atoms with Gasteiger partial charge in [-0.25, -0.2) is 4.68 Å². The highest BCUT2D eigenvalue weighted by atomic mass is 35.5. The van der Waals surface area contributed by atoms with Crippen LogP contribution in [0.4, 0.5) is 0 Å². The number of H-pyrrole nitrogens is 1. The van der Waals surface area contributed by atoms with Crippen LogP contribution in [0.3, 0.4) is 0 Å². The van der Waals surface area contributed by atoms with Gasteiger partial charge in [0.1, 0.15) is 6.61 Å². The number of morpholine rings is 1. The van der Waals surface area contributed by atoms with Gasteiger partial charge < -0.3 is 9.47 Å². The summed E-state index contributed by atoms with van der Waals surface area (Å²) in [6, 6.07) is 15.9. The minimum Gasteiger partial charge on any atom is -0.457 e. The van der Waals surface area contributed by atoms with Crippen molar-refractivity contribution in [2.75, 3.05) is 26.3 Å². The average Bonchev–Trinajstić information content (AvgIpc) is 3.48. The molecule has 0 radical (unpaired) electrons. The molecular weight excluding hydrogens is 498 g/mol. The van der Waals surface area contributed by atoms with Crippen molar-refractivity contribution in [1.29, 1.82) is 0 Å². The third kappa shape index (κ3) is 5.57. The van der Waals surface area contributed by atoms with E-state index in [1.807, 2.05) is 42.5 Å². The third-order valence-corrected chi connectivity index (χ3v) is 6.59. The third-order valence-electron chi connectivity index (χ3n) is 5.96. The first-order valence-electron chi connectivity index (χ1n) is 11.6. The molecule has 0 spiro atoms. The number of aryl methyl sites for hydroxylation is 1. The van der Waals surface area contributed by atoms with E-state index in [0.717, 1.165) is 41.0 Å². The van der Waals surface area contributed by atoms with Crippen molar-refractivity contribution in [3.8, 4) is 17.3 Å². The van der Waals surface area contributed by atoms with Crippen LogP contribution in [0.1, 0.15) is 16.7 Å². The van der Waals surface area contributed by atoms with Crippen LogP contribution in [0.2, 0.25) is 5.02 Å². The Bertz CT molecular complexity index is 1400. The predicted molar refractivity (Wildman–Crippen MR) is 141 cm³/mol. The van der Waals surface area contributed by atoms with Gasteiger partial charge >= 0.3 is 6.01 Å². The van der Waals surface area contributed by atoms with E-state index in [4.69, 9.17) is 33.3 Å². The zero-order chi connectivity index (χ0) is 24.9. The van der Waals surface area contributed by atoms with Gasteiger partial charge in [0.15, 0.2) is 0 Å². The predicted octanol–water partition coefficient (Wildman–Crippen LogP) is 4.52. The maximum absolute atomic E-state index is 6.12. The van der Waals surface area contributed by atoms with Crippen LogP contribution in [0.15, 0.2) is 59.8 Å². The number of benzene rings is 2. The Morgan fingerprint density at radius 2 is 1.94 bits per heavy atom. The van der Waals surface area contributed by atoms with Gasteiger partial charge in [-0.1, -0.05) is 48.0 Å². The lowest BCUT2D eigenvalue weighted by Crippen LogP contribution is -2.37. The number of nitrogens with one attached hydrogen (secondary N) is 1. The summed E-state index contributed by atoms with van der Waals surface area (Å²) < 4.78 is 15.3. The van der Waals surface area contributed by atoms with E-state index in [2.05, 4.69) is 38.3 Å². The van der Waals surface area contributed by atoms with Crippen molar-refractivity contribution in [1.82, 2.24) is 29.6 Å². The molecule has 36 heavy (non-hydrogen) atoms. The van der Waals surface area contributed by atoms with E-state index in [-0.39, 0.29) is 0 Å². The smallest absolute Gasteiger partial charge is 0.338 e. The number of halogens is 1. The Morgan fingerprint density at radius 1 is 1.17 bits per heavy atom. The van der Waals surface area contributed by atoms with Crippen LogP contribution < -0.4 is 4.74 Å². The average molecular weight is 524 g/mol. The second-order valence-electron chi connectivity index (χ2n) is 8.42. The van der Waals surface area contributed by atoms with Crippen molar-refractivity contribution in [2.45, 2.75) is 20.2 Å². The summed E-state index contributed by atoms with van der Waals surface area (Å²) in [4.78, 5) is 2.24. The first kappa shape index (κ1) is 24.4. The molecule has 5 rings (SSSR count). The van der Waals surface area contributed by atoms with Gasteiger partial charge in [0.05, 0.1) is 38.0 Å². The lowest BCUT2D eigenvalue weighted by atomic mass is 10.1. The fourth-order valence-electron chi connectivity index (χ4n) is 3.87. The normalized spacial score (nSPS) is 14.5. The maximum Gasteiger partial charge on any atom is 0.338 e. The standard InChI is InChI=1S/C25H26ClN7O2S/c1-18-4-2-3-5-20(18)16-35-24-30-32(17-31-10-12-34-13-11-31)25(36)33(24)28-15-21-14-27-29-23(21)19-6-8-22(26)9-7-19/h2-9,14-15H,10-13,16-17H2,1H3,(H,27,29)/b28-15+. The maximum atomic E-state index is 6.12. The Morgan fingerprint density at radius 3 is 2.72 bits per heavy atom. The second kappa shape index (κ2) is 11.2. The van der Waals surface area contributed by atoms with Gasteiger partial charge in [-0.15, -0.1) is 5.10 Å². The molecule has 0 bridgehead atoms. The van der Waals surface area contributed by atoms with Crippen LogP contribution in [0.5, 0.6) is 6.01 Å². The van der Waals surface area contributed by atoms with Gasteiger partial charge in [-0.2, -0.15) is 14.9 Å². The Kier molecular flexibility index (Phi) is 7.57. The molecule has 1 N–H and O–H groups in total. The molecule has 0 unspecified atom stereocenters. The summed E-state index contributed by atoms with van der Waals surface area (Å²) in [5.74, 6) is 0. The van der Waals surface area contributed by atoms with Crippen molar-refractivity contribution in [2.24, 2.45) is 5.10 Å². The summed E-state index contributed by atoms with van der Waals surface area (Å²) in [6.07, 6.45) is 3.41. The van der Waals surface area contributed by atoms with E-state index in [0.29, 0.717) is 42.3 Å². The SMILES string of the molecule is Cc1ccccc1COc1nn(CN2CCOCC2)c(=S)n1/N=C/c1cn[nH]c1-c1ccc(Cl)cc1. The fraction of sp³-hybridized carbons (Fsp3) is 0.280. The molecular formula is C25H26ClN7O2S. The van der Waals surface area contributed by atoms with E-state index >= 15 is 0 Å². The number of rotatable bonds is 8. The molecule has 1 fully saturated rings. The largest absolute Gasteiger partial charge is 0.457 e. The zero-order valence-corrected chi connectivity index (χ0v) is 21.4. The molecule has 11 heteroatoms. The van der Waals surface area contributed by atoms with Crippen LogP contribution in [0.25, 0.3) is 11.3 Å². The Balaban J connectivity index is 1.44. The minimum absolute atomic E-state index is 0.323. The lowest BCUT2D eigenvalue weighted by molar-refractivity contribution is 0.0208. The number of hydrogen-bond donors (Lipinski definition) is 1. The van der Waals surface area contributed by atoms with E-state index in [9.17, 15) is 0 Å². The topological polar surface area (TPSA) is 85.5 Å². The molecule has 0 aliphatic carbocycles. The summed E-state index contributed by atoms with van der Waals surface area (Å²) in [5, 5.41) is 17.2. The van der Waals surface area contributed by atoms with Crippen LogP contribution >= 0.6 is 23.8 Å². The van der Waals surface area contributed by atoms with Crippen molar-refractivity contribution in [3.05, 3.63) is 81.2 Å². The molecule has 1 saturated heterocycles. The minimum atomic E-state index is 0.323. The van der Waals surface area contributed by atoms with E-state index in [1.165, 1.54) is 0 Å². The van der Waals surface area contributed by atoms with Crippen molar-refractivity contribution >= 4 is 30.0 Å². The molecule has 0 amide bonds. The molecule has 1 aliphatic heterocycles. The Hall–Kier alpha value is -3.31. The van der Waals surface area contributed by atoms with Crippen LogP contribution in [0, 0.1) is 11.7 Å². The number of hydrogen-bond acceptors (Lipinski definition) is 7. The van der Waals surface area contributed by atoms with Gasteiger partial charge in [0.2, 0.25) is 4.77 Å². The molecule has 0 saturated carbocycles. The molecule has 186 valence electrons. The molecule has 1 aliphatic rings. The first-order chi connectivity index (χ1) is 17.6. The van der Waals surface area contributed by atoms with Gasteiger partial charge in [0, 0.05) is 29.2 Å². The van der Waals surface area contributed by atoms with Crippen molar-refractivity contribution < 1.29 is 9.47 Å². The monoisotopic (exact) mass is 523 g/mol. The summed E-state index contributed by atoms with van der Waals surface area (Å²) in [7, 11) is 0. The summed E-state index contributed by atoms with van der Waals surface area (Å²) >= 11 is 11.8. The number of nitrogens with zero attached hydrogens (tertiary/aromatic N) is 6. The molecule has 0 atom stereocenters. The number of aromatic amines is 1. The molecule has 2 aromatic heterocycles. The quantitative estimate of drug-likeness (QED) is 0.270. The molecule has 4 aromatic rings. The summed E-state index contributed by atoms with van der Waals surface area (Å²) in [5.41, 5.74) is 4.78. The number of ether oxygens (including phenoxy) is 2. The zero-order valence-electron chi connectivity index (χ0n) is 19.8. The van der Waals surface area contributed by atoms with Gasteiger partial charge in [0.25, 0.3) is 0 Å². The fourth-order valence-corrected chi connectivity index (χ4v) is 4.22. The van der Waals surface area contributed by atoms with E-state index in [1.54, 1.807) is 21.8 Å².